The van der Waals surface area contributed by atoms with Gasteiger partial charge in [0.25, 0.3) is 11.8 Å². The number of carbonyl (C=O) groups is 2. The van der Waals surface area contributed by atoms with E-state index in [1.54, 1.807) is 12.1 Å². The van der Waals surface area contributed by atoms with Gasteiger partial charge < -0.3 is 14.9 Å². The molecule has 4 rings (SSSR count). The summed E-state index contributed by atoms with van der Waals surface area (Å²) in [6, 6.07) is 20.4. The van der Waals surface area contributed by atoms with Crippen LogP contribution in [0, 0.1) is 13.8 Å². The Hall–Kier alpha value is -3.60. The summed E-state index contributed by atoms with van der Waals surface area (Å²) in [5, 5.41) is 9.43. The molecule has 0 unspecified atom stereocenters. The van der Waals surface area contributed by atoms with Crippen LogP contribution in [0.3, 0.4) is 0 Å². The van der Waals surface area contributed by atoms with Crippen molar-refractivity contribution >= 4 is 11.8 Å². The van der Waals surface area contributed by atoms with Gasteiger partial charge in [-0.05, 0) is 60.4 Å². The molecule has 5 heteroatoms. The first kappa shape index (κ1) is 20.7. The van der Waals surface area contributed by atoms with Gasteiger partial charge in [0.2, 0.25) is 0 Å². The fourth-order valence-electron chi connectivity index (χ4n) is 4.06. The van der Waals surface area contributed by atoms with Gasteiger partial charge in [0.1, 0.15) is 5.75 Å². The number of piperazine rings is 1. The maximum atomic E-state index is 13.0. The number of nitrogens with zero attached hydrogens (tertiary/aromatic N) is 2. The van der Waals surface area contributed by atoms with Gasteiger partial charge in [-0.2, -0.15) is 0 Å². The quantitative estimate of drug-likeness (QED) is 0.696. The lowest BCUT2D eigenvalue weighted by Gasteiger charge is -2.35. The number of rotatable bonds is 3. The molecule has 0 bridgehead atoms. The summed E-state index contributed by atoms with van der Waals surface area (Å²) in [5.74, 6) is 0.253. The van der Waals surface area contributed by atoms with Gasteiger partial charge in [0.15, 0.2) is 0 Å². The van der Waals surface area contributed by atoms with Crippen LogP contribution < -0.4 is 0 Å². The maximum Gasteiger partial charge on any atom is 0.254 e. The number of aryl methyl sites for hydroxylation is 2. The largest absolute Gasteiger partial charge is 0.508 e. The Morgan fingerprint density at radius 2 is 1.13 bits per heavy atom. The highest BCUT2D eigenvalue weighted by molar-refractivity contribution is 5.98. The molecule has 3 aromatic carbocycles. The molecular formula is C26H26N2O3. The molecule has 1 heterocycles. The van der Waals surface area contributed by atoms with Crippen molar-refractivity contribution in [1.29, 1.82) is 0 Å². The number of hydrogen-bond donors (Lipinski definition) is 1. The molecule has 1 N–H and O–H groups in total. The second-order valence-electron chi connectivity index (χ2n) is 7.98. The minimum atomic E-state index is -0.0172. The number of phenols is 1. The molecule has 0 spiro atoms. The topological polar surface area (TPSA) is 60.9 Å². The average molecular weight is 415 g/mol. The lowest BCUT2D eigenvalue weighted by atomic mass is 10.0. The predicted molar refractivity (Wildman–Crippen MR) is 121 cm³/mol. The fraction of sp³-hybridized carbons (Fsp3) is 0.231. The van der Waals surface area contributed by atoms with Crippen LogP contribution in [-0.4, -0.2) is 52.9 Å². The van der Waals surface area contributed by atoms with E-state index in [0.717, 1.165) is 27.8 Å². The van der Waals surface area contributed by atoms with Crippen molar-refractivity contribution in [2.24, 2.45) is 0 Å². The van der Waals surface area contributed by atoms with Gasteiger partial charge in [0, 0.05) is 37.3 Å². The Morgan fingerprint density at radius 3 is 1.65 bits per heavy atom. The summed E-state index contributed by atoms with van der Waals surface area (Å²) >= 11 is 0. The molecule has 0 radical (unpaired) electrons. The van der Waals surface area contributed by atoms with Gasteiger partial charge in [-0.15, -0.1) is 0 Å². The second kappa shape index (κ2) is 8.64. The number of aromatic hydroxyl groups is 1. The van der Waals surface area contributed by atoms with E-state index < -0.39 is 0 Å². The predicted octanol–water partition coefficient (Wildman–Crippen LogP) is 4.27. The highest BCUT2D eigenvalue weighted by atomic mass is 16.3. The molecule has 0 saturated carbocycles. The van der Waals surface area contributed by atoms with E-state index in [1.807, 2.05) is 78.2 Å². The van der Waals surface area contributed by atoms with Crippen molar-refractivity contribution in [2.45, 2.75) is 13.8 Å². The van der Waals surface area contributed by atoms with Crippen LogP contribution in [0.4, 0.5) is 0 Å². The average Bonchev–Trinajstić information content (AvgIpc) is 2.79. The van der Waals surface area contributed by atoms with Crippen LogP contribution in [0.15, 0.2) is 66.7 Å². The Morgan fingerprint density at radius 1 is 0.677 bits per heavy atom. The lowest BCUT2D eigenvalue weighted by molar-refractivity contribution is 0.0534. The number of carbonyl (C=O) groups excluding carboxylic acids is 2. The van der Waals surface area contributed by atoms with Gasteiger partial charge in [0.05, 0.1) is 0 Å². The highest BCUT2D eigenvalue weighted by Gasteiger charge is 2.26. The maximum absolute atomic E-state index is 13.0. The van der Waals surface area contributed by atoms with Crippen LogP contribution in [0.5, 0.6) is 5.75 Å². The van der Waals surface area contributed by atoms with E-state index in [4.69, 9.17) is 0 Å². The van der Waals surface area contributed by atoms with Crippen LogP contribution in [0.1, 0.15) is 31.8 Å². The Labute approximate surface area is 182 Å². The van der Waals surface area contributed by atoms with Crippen LogP contribution in [-0.2, 0) is 0 Å². The SMILES string of the molecule is Cc1cccc(C)c1C(=O)N1CCN(C(=O)c2ccc(-c3ccc(O)cc3)cc2)CC1. The molecule has 0 aromatic heterocycles. The Kier molecular flexibility index (Phi) is 5.76. The molecule has 3 aromatic rings. The van der Waals surface area contributed by atoms with Gasteiger partial charge in [-0.3, -0.25) is 9.59 Å². The summed E-state index contributed by atoms with van der Waals surface area (Å²) in [7, 11) is 0. The summed E-state index contributed by atoms with van der Waals surface area (Å²) in [4.78, 5) is 29.6. The van der Waals surface area contributed by atoms with Crippen molar-refractivity contribution in [3.8, 4) is 16.9 Å². The molecule has 158 valence electrons. The van der Waals surface area contributed by atoms with E-state index in [-0.39, 0.29) is 17.6 Å². The minimum absolute atomic E-state index is 0.0172. The number of benzene rings is 3. The molecule has 1 fully saturated rings. The van der Waals surface area contributed by atoms with Crippen LogP contribution >= 0.6 is 0 Å². The number of amides is 2. The first-order valence-corrected chi connectivity index (χ1v) is 10.5. The second-order valence-corrected chi connectivity index (χ2v) is 7.98. The van der Waals surface area contributed by atoms with Gasteiger partial charge in [-0.25, -0.2) is 0 Å². The van der Waals surface area contributed by atoms with E-state index >= 15 is 0 Å². The van der Waals surface area contributed by atoms with Gasteiger partial charge in [-0.1, -0.05) is 42.5 Å². The normalized spacial score (nSPS) is 13.9. The highest BCUT2D eigenvalue weighted by Crippen LogP contribution is 2.23. The lowest BCUT2D eigenvalue weighted by Crippen LogP contribution is -2.50. The van der Waals surface area contributed by atoms with Crippen molar-refractivity contribution in [2.75, 3.05) is 26.2 Å². The van der Waals surface area contributed by atoms with E-state index in [9.17, 15) is 14.7 Å². The molecule has 31 heavy (non-hydrogen) atoms. The van der Waals surface area contributed by atoms with E-state index in [0.29, 0.717) is 31.7 Å². The van der Waals surface area contributed by atoms with Crippen LogP contribution in [0.25, 0.3) is 11.1 Å². The monoisotopic (exact) mass is 414 g/mol. The van der Waals surface area contributed by atoms with Crippen molar-refractivity contribution < 1.29 is 14.7 Å². The van der Waals surface area contributed by atoms with Crippen molar-refractivity contribution in [1.82, 2.24) is 9.80 Å². The van der Waals surface area contributed by atoms with E-state index in [1.165, 1.54) is 0 Å². The molecule has 2 amide bonds. The molecular weight excluding hydrogens is 388 g/mol. The number of hydrogen-bond acceptors (Lipinski definition) is 3. The molecule has 5 nitrogen and oxygen atoms in total. The summed E-state index contributed by atoms with van der Waals surface area (Å²) < 4.78 is 0. The van der Waals surface area contributed by atoms with Crippen molar-refractivity contribution in [3.05, 3.63) is 89.0 Å². The first-order chi connectivity index (χ1) is 14.9. The zero-order chi connectivity index (χ0) is 22.0. The van der Waals surface area contributed by atoms with Crippen LogP contribution in [0.2, 0.25) is 0 Å². The van der Waals surface area contributed by atoms with Crippen molar-refractivity contribution in [3.63, 3.8) is 0 Å². The third-order valence-corrected chi connectivity index (χ3v) is 5.88. The minimum Gasteiger partial charge on any atom is -0.508 e. The Bertz CT molecular complexity index is 1080. The standard InChI is InChI=1S/C26H26N2O3/c1-18-4-3-5-19(2)24(18)26(31)28-16-14-27(15-17-28)25(30)22-8-6-20(7-9-22)21-10-12-23(29)13-11-21/h3-13,29H,14-17H2,1-2H3. The molecule has 0 aliphatic carbocycles. The zero-order valence-corrected chi connectivity index (χ0v) is 17.8. The van der Waals surface area contributed by atoms with E-state index in [2.05, 4.69) is 0 Å². The Balaban J connectivity index is 1.40. The summed E-state index contributed by atoms with van der Waals surface area (Å²) in [5.41, 5.74) is 5.34. The third kappa shape index (κ3) is 4.31. The molecule has 1 aliphatic rings. The molecule has 0 atom stereocenters. The summed E-state index contributed by atoms with van der Waals surface area (Å²) in [6.45, 7) is 6.03. The first-order valence-electron chi connectivity index (χ1n) is 10.5. The molecule has 1 aliphatic heterocycles. The summed E-state index contributed by atoms with van der Waals surface area (Å²) in [6.07, 6.45) is 0. The van der Waals surface area contributed by atoms with Gasteiger partial charge >= 0.3 is 0 Å². The smallest absolute Gasteiger partial charge is 0.254 e. The molecule has 1 saturated heterocycles. The third-order valence-electron chi connectivity index (χ3n) is 5.88. The zero-order valence-electron chi connectivity index (χ0n) is 17.8. The number of phenolic OH excluding ortho intramolecular Hbond substituents is 1. The fourth-order valence-corrected chi connectivity index (χ4v) is 4.06.